The van der Waals surface area contributed by atoms with Gasteiger partial charge in [-0.3, -0.25) is 4.90 Å². The van der Waals surface area contributed by atoms with Crippen LogP contribution >= 0.6 is 11.6 Å². The molecule has 1 aromatic carbocycles. The lowest BCUT2D eigenvalue weighted by atomic mass is 10.0. The number of halogens is 1. The molecule has 0 bridgehead atoms. The number of amides is 1. The Morgan fingerprint density at radius 3 is 2.81 bits per heavy atom. The van der Waals surface area contributed by atoms with Crippen molar-refractivity contribution < 1.29 is 9.53 Å². The van der Waals surface area contributed by atoms with Crippen molar-refractivity contribution in [2.24, 2.45) is 0 Å². The van der Waals surface area contributed by atoms with Gasteiger partial charge in [-0.2, -0.15) is 0 Å². The second-order valence-corrected chi connectivity index (χ2v) is 6.75. The number of carbonyl (C=O) groups excluding carboxylic acids is 1. The minimum Gasteiger partial charge on any atom is -0.444 e. The second kappa shape index (κ2) is 6.24. The molecule has 0 spiro atoms. The van der Waals surface area contributed by atoms with Crippen molar-refractivity contribution in [2.45, 2.75) is 39.3 Å². The van der Waals surface area contributed by atoms with E-state index in [0.717, 1.165) is 22.7 Å². The second-order valence-electron chi connectivity index (χ2n) is 6.37. The highest BCUT2D eigenvalue weighted by molar-refractivity contribution is 6.32. The zero-order valence-corrected chi connectivity index (χ0v) is 13.8. The van der Waals surface area contributed by atoms with E-state index in [2.05, 4.69) is 5.32 Å². The first kappa shape index (κ1) is 16.1. The van der Waals surface area contributed by atoms with E-state index in [1.54, 1.807) is 4.90 Å². The predicted octanol–water partition coefficient (Wildman–Crippen LogP) is 3.53. The van der Waals surface area contributed by atoms with Crippen LogP contribution in [-0.2, 0) is 4.74 Å². The molecule has 1 unspecified atom stereocenters. The van der Waals surface area contributed by atoms with Crippen molar-refractivity contribution in [1.29, 1.82) is 0 Å². The van der Waals surface area contributed by atoms with Crippen LogP contribution in [0, 0.1) is 6.92 Å². The van der Waals surface area contributed by atoms with Gasteiger partial charge in [0, 0.05) is 24.7 Å². The van der Waals surface area contributed by atoms with E-state index in [0.29, 0.717) is 13.1 Å². The molecule has 116 valence electrons. The number of piperazine rings is 1. The normalized spacial score (nSPS) is 19.5. The van der Waals surface area contributed by atoms with E-state index in [9.17, 15) is 4.79 Å². The van der Waals surface area contributed by atoms with Crippen LogP contribution in [0.5, 0.6) is 0 Å². The van der Waals surface area contributed by atoms with Gasteiger partial charge in [-0.05, 0) is 38.8 Å². The summed E-state index contributed by atoms with van der Waals surface area (Å²) in [5.74, 6) is 0. The molecule has 1 aliphatic heterocycles. The number of aryl methyl sites for hydroxylation is 1. The molecule has 5 heteroatoms. The molecule has 4 nitrogen and oxygen atoms in total. The van der Waals surface area contributed by atoms with Crippen molar-refractivity contribution in [3.63, 3.8) is 0 Å². The maximum Gasteiger partial charge on any atom is 0.410 e. The molecule has 1 fully saturated rings. The fourth-order valence-electron chi connectivity index (χ4n) is 2.45. The summed E-state index contributed by atoms with van der Waals surface area (Å²) in [6, 6.07) is 5.82. The van der Waals surface area contributed by atoms with E-state index in [-0.39, 0.29) is 12.1 Å². The van der Waals surface area contributed by atoms with Crippen LogP contribution in [0.3, 0.4) is 0 Å². The minimum atomic E-state index is -0.497. The van der Waals surface area contributed by atoms with Gasteiger partial charge in [-0.15, -0.1) is 0 Å². The monoisotopic (exact) mass is 310 g/mol. The van der Waals surface area contributed by atoms with E-state index < -0.39 is 5.60 Å². The van der Waals surface area contributed by atoms with Gasteiger partial charge in [0.15, 0.2) is 0 Å². The standard InChI is InChI=1S/C16H23ClN2O2/c1-11-6-5-7-12(14(11)17)13-10-18-8-9-19(13)15(20)21-16(2,3)4/h5-7,13,18H,8-10H2,1-4H3. The molecule has 1 aliphatic rings. The molecule has 1 saturated heterocycles. The number of hydrogen-bond donors (Lipinski definition) is 1. The van der Waals surface area contributed by atoms with Crippen molar-refractivity contribution >= 4 is 17.7 Å². The van der Waals surface area contributed by atoms with Gasteiger partial charge < -0.3 is 10.1 Å². The number of nitrogens with zero attached hydrogens (tertiary/aromatic N) is 1. The smallest absolute Gasteiger partial charge is 0.410 e. The van der Waals surface area contributed by atoms with Crippen LogP contribution in [0.1, 0.15) is 37.9 Å². The van der Waals surface area contributed by atoms with E-state index >= 15 is 0 Å². The maximum atomic E-state index is 12.4. The summed E-state index contributed by atoms with van der Waals surface area (Å²) < 4.78 is 5.52. The van der Waals surface area contributed by atoms with Gasteiger partial charge in [-0.25, -0.2) is 4.79 Å². The van der Waals surface area contributed by atoms with Crippen molar-refractivity contribution in [1.82, 2.24) is 10.2 Å². The topological polar surface area (TPSA) is 41.6 Å². The number of ether oxygens (including phenoxy) is 1. The summed E-state index contributed by atoms with van der Waals surface area (Å²) in [4.78, 5) is 14.2. The fraction of sp³-hybridized carbons (Fsp3) is 0.562. The number of carbonyl (C=O) groups is 1. The summed E-state index contributed by atoms with van der Waals surface area (Å²) in [5, 5.41) is 4.04. The average Bonchev–Trinajstić information content (AvgIpc) is 2.40. The summed E-state index contributed by atoms with van der Waals surface area (Å²) in [7, 11) is 0. The molecule has 21 heavy (non-hydrogen) atoms. The number of rotatable bonds is 1. The largest absolute Gasteiger partial charge is 0.444 e. The quantitative estimate of drug-likeness (QED) is 0.863. The lowest BCUT2D eigenvalue weighted by Gasteiger charge is -2.37. The Hall–Kier alpha value is -1.26. The van der Waals surface area contributed by atoms with Gasteiger partial charge in [0.2, 0.25) is 0 Å². The molecule has 1 aromatic rings. The molecule has 2 rings (SSSR count). The van der Waals surface area contributed by atoms with Crippen LogP contribution in [-0.4, -0.2) is 36.2 Å². The third-order valence-corrected chi connectivity index (χ3v) is 3.97. The van der Waals surface area contributed by atoms with Crippen molar-refractivity contribution in [3.05, 3.63) is 34.3 Å². The SMILES string of the molecule is Cc1cccc(C2CNCCN2C(=O)OC(C)(C)C)c1Cl. The lowest BCUT2D eigenvalue weighted by Crippen LogP contribution is -2.50. The van der Waals surface area contributed by atoms with Gasteiger partial charge in [0.1, 0.15) is 5.60 Å². The number of benzene rings is 1. The highest BCUT2D eigenvalue weighted by Gasteiger charge is 2.32. The zero-order chi connectivity index (χ0) is 15.6. The van der Waals surface area contributed by atoms with Crippen LogP contribution < -0.4 is 5.32 Å². The highest BCUT2D eigenvalue weighted by Crippen LogP contribution is 2.31. The molecular formula is C16H23ClN2O2. The Morgan fingerprint density at radius 2 is 2.14 bits per heavy atom. The number of hydrogen-bond acceptors (Lipinski definition) is 3. The third kappa shape index (κ3) is 3.89. The third-order valence-electron chi connectivity index (χ3n) is 3.45. The fourth-order valence-corrected chi connectivity index (χ4v) is 2.70. The van der Waals surface area contributed by atoms with Gasteiger partial charge >= 0.3 is 6.09 Å². The molecular weight excluding hydrogens is 288 g/mol. The summed E-state index contributed by atoms with van der Waals surface area (Å²) >= 11 is 6.42. The molecule has 0 radical (unpaired) electrons. The van der Waals surface area contributed by atoms with Crippen molar-refractivity contribution in [3.8, 4) is 0 Å². The van der Waals surface area contributed by atoms with Gasteiger partial charge in [-0.1, -0.05) is 29.8 Å². The Bertz CT molecular complexity index is 525. The first-order valence-corrected chi connectivity index (χ1v) is 7.63. The van der Waals surface area contributed by atoms with E-state index in [4.69, 9.17) is 16.3 Å². The van der Waals surface area contributed by atoms with E-state index in [1.807, 2.05) is 45.9 Å². The summed E-state index contributed by atoms with van der Waals surface area (Å²) in [6.45, 7) is 9.66. The van der Waals surface area contributed by atoms with Crippen LogP contribution in [0.2, 0.25) is 5.02 Å². The van der Waals surface area contributed by atoms with E-state index in [1.165, 1.54) is 0 Å². The first-order chi connectivity index (χ1) is 9.79. The Labute approximate surface area is 131 Å². The lowest BCUT2D eigenvalue weighted by molar-refractivity contribution is 0.0118. The minimum absolute atomic E-state index is 0.0963. The van der Waals surface area contributed by atoms with Crippen LogP contribution in [0.4, 0.5) is 4.79 Å². The Kier molecular flexibility index (Phi) is 4.79. The van der Waals surface area contributed by atoms with Crippen LogP contribution in [0.25, 0.3) is 0 Å². The molecule has 1 atom stereocenters. The molecule has 0 aliphatic carbocycles. The molecule has 0 aromatic heterocycles. The molecule has 1 heterocycles. The summed E-state index contributed by atoms with van der Waals surface area (Å²) in [6.07, 6.45) is -0.286. The van der Waals surface area contributed by atoms with Crippen LogP contribution in [0.15, 0.2) is 18.2 Å². The molecule has 1 N–H and O–H groups in total. The Balaban J connectivity index is 2.27. The highest BCUT2D eigenvalue weighted by atomic mass is 35.5. The maximum absolute atomic E-state index is 12.4. The molecule has 0 saturated carbocycles. The van der Waals surface area contributed by atoms with Gasteiger partial charge in [0.05, 0.1) is 6.04 Å². The first-order valence-electron chi connectivity index (χ1n) is 7.25. The average molecular weight is 311 g/mol. The molecule has 1 amide bonds. The van der Waals surface area contributed by atoms with Gasteiger partial charge in [0.25, 0.3) is 0 Å². The Morgan fingerprint density at radius 1 is 1.43 bits per heavy atom. The predicted molar refractivity (Wildman–Crippen MR) is 84.7 cm³/mol. The van der Waals surface area contributed by atoms with Crippen molar-refractivity contribution in [2.75, 3.05) is 19.6 Å². The summed E-state index contributed by atoms with van der Waals surface area (Å²) in [5.41, 5.74) is 1.49. The number of nitrogens with one attached hydrogen (secondary N) is 1. The zero-order valence-electron chi connectivity index (χ0n) is 13.1.